The Morgan fingerprint density at radius 2 is 0.967 bits per heavy atom. The van der Waals surface area contributed by atoms with Gasteiger partial charge in [0.1, 0.15) is 11.4 Å². The van der Waals surface area contributed by atoms with E-state index in [0.29, 0.717) is 0 Å². The summed E-state index contributed by atoms with van der Waals surface area (Å²) in [4.78, 5) is 40.3. The SMILES string of the molecule is O.O.O=C([O-])Cn1ccc(C(=O)[O-])n1.O=C([O-])Cn1ccc(C(=O)[O-])n1.[Cu+2].[Cu+2].[OH3+].[OH3+]. The average Bonchev–Trinajstić information content (AvgIpc) is 3.07. The molecule has 0 saturated carbocycles. The Morgan fingerprint density at radius 1 is 0.700 bits per heavy atom. The van der Waals surface area contributed by atoms with Crippen molar-refractivity contribution in [1.29, 1.82) is 0 Å². The van der Waals surface area contributed by atoms with Crippen LogP contribution in [0.5, 0.6) is 0 Å². The van der Waals surface area contributed by atoms with E-state index in [-0.39, 0.29) is 67.4 Å². The van der Waals surface area contributed by atoms with Gasteiger partial charge in [-0.15, -0.1) is 0 Å². The molecule has 0 aliphatic rings. The van der Waals surface area contributed by atoms with Crippen molar-refractivity contribution < 1.29 is 95.6 Å². The molecule has 0 aliphatic heterocycles. The first kappa shape index (κ1) is 41.5. The van der Waals surface area contributed by atoms with E-state index in [9.17, 15) is 39.6 Å². The first-order valence-electron chi connectivity index (χ1n) is 6.08. The zero-order chi connectivity index (χ0) is 18.3. The van der Waals surface area contributed by atoms with Crippen LogP contribution in [0.15, 0.2) is 24.5 Å². The molecule has 2 rings (SSSR count). The molecule has 2 heterocycles. The van der Waals surface area contributed by atoms with Gasteiger partial charge in [0, 0.05) is 12.4 Å². The fraction of sp³-hybridized carbons (Fsp3) is 0.167. The van der Waals surface area contributed by atoms with Gasteiger partial charge in [0.15, 0.2) is 0 Å². The van der Waals surface area contributed by atoms with Gasteiger partial charge in [-0.1, -0.05) is 0 Å². The third kappa shape index (κ3) is 15.1. The smallest absolute Gasteiger partial charge is 0.548 e. The molecule has 10 N–H and O–H groups in total. The number of carboxylic acid groups (broad SMARTS) is 4. The zero-order valence-electron chi connectivity index (χ0n) is 14.5. The first-order valence-corrected chi connectivity index (χ1v) is 6.08. The molecule has 2 radical (unpaired) electrons. The summed E-state index contributed by atoms with van der Waals surface area (Å²) in [5.41, 5.74) is -0.590. The Hall–Kier alpha value is -2.82. The molecule has 0 atom stereocenters. The van der Waals surface area contributed by atoms with Crippen molar-refractivity contribution in [3.05, 3.63) is 35.9 Å². The third-order valence-corrected chi connectivity index (χ3v) is 2.28. The first-order chi connectivity index (χ1) is 11.2. The maximum Gasteiger partial charge on any atom is 2.00 e. The molecule has 30 heavy (non-hydrogen) atoms. The molecule has 0 fully saturated rings. The van der Waals surface area contributed by atoms with E-state index in [1.54, 1.807) is 0 Å². The van der Waals surface area contributed by atoms with Crippen LogP contribution >= 0.6 is 0 Å². The molecule has 18 heteroatoms. The molecular weight excluding hydrogens is 519 g/mol. The maximum absolute atomic E-state index is 10.2. The van der Waals surface area contributed by atoms with Gasteiger partial charge >= 0.3 is 34.1 Å². The second-order valence-corrected chi connectivity index (χ2v) is 4.12. The molecule has 2 aromatic rings. The van der Waals surface area contributed by atoms with Crippen molar-refractivity contribution in [3.63, 3.8) is 0 Å². The van der Waals surface area contributed by atoms with Gasteiger partial charge in [0.05, 0.1) is 37.0 Å². The van der Waals surface area contributed by atoms with Crippen molar-refractivity contribution in [1.82, 2.24) is 19.6 Å². The minimum absolute atomic E-state index is 0. The number of aromatic carboxylic acids is 2. The molecule has 0 amide bonds. The minimum Gasteiger partial charge on any atom is -0.548 e. The summed E-state index contributed by atoms with van der Waals surface area (Å²) in [5.74, 6) is -5.54. The molecule has 178 valence electrons. The van der Waals surface area contributed by atoms with Gasteiger partial charge in [-0.2, -0.15) is 10.2 Å². The van der Waals surface area contributed by atoms with E-state index >= 15 is 0 Å². The van der Waals surface area contributed by atoms with Crippen LogP contribution in [0.2, 0.25) is 0 Å². The largest absolute Gasteiger partial charge is 2.00 e. The van der Waals surface area contributed by atoms with E-state index in [1.165, 1.54) is 12.4 Å². The van der Waals surface area contributed by atoms with Gasteiger partial charge in [-0.05, 0) is 12.1 Å². The summed E-state index contributed by atoms with van der Waals surface area (Å²) in [6, 6.07) is 2.30. The summed E-state index contributed by atoms with van der Waals surface area (Å²) in [6.07, 6.45) is 2.45. The molecule has 2 aromatic heterocycles. The summed E-state index contributed by atoms with van der Waals surface area (Å²) < 4.78 is 1.89. The van der Waals surface area contributed by atoms with Gasteiger partial charge in [0.2, 0.25) is 0 Å². The Labute approximate surface area is 188 Å². The van der Waals surface area contributed by atoms with Crippen LogP contribution < -0.4 is 20.4 Å². The normalized spacial score (nSPS) is 7.73. The molecular formula is C12H18Cu2N4O12+2. The van der Waals surface area contributed by atoms with Crippen LogP contribution in [-0.4, -0.2) is 54.4 Å². The second-order valence-electron chi connectivity index (χ2n) is 4.12. The average molecular weight is 537 g/mol. The topological polar surface area (TPSA) is 325 Å². The number of hydrogen-bond acceptors (Lipinski definition) is 10. The number of carboxylic acids is 4. The van der Waals surface area contributed by atoms with E-state index in [4.69, 9.17) is 0 Å². The van der Waals surface area contributed by atoms with Crippen molar-refractivity contribution in [3.8, 4) is 0 Å². The van der Waals surface area contributed by atoms with Gasteiger partial charge in [0.25, 0.3) is 0 Å². The van der Waals surface area contributed by atoms with Crippen LogP contribution in [0, 0.1) is 0 Å². The summed E-state index contributed by atoms with van der Waals surface area (Å²) in [5, 5.41) is 47.1. The van der Waals surface area contributed by atoms with Crippen molar-refractivity contribution in [2.24, 2.45) is 0 Å². The van der Waals surface area contributed by atoms with Crippen LogP contribution in [0.4, 0.5) is 0 Å². The molecule has 0 spiro atoms. The number of carbonyl (C=O) groups excluding carboxylic acids is 4. The number of aromatic nitrogens is 4. The standard InChI is InChI=1S/2C6H6N2O4.2Cu.4H2O/c2*9-5(10)3-8-2-1-4(7-8)6(11)12;;;;;;/h2*1-2H,3H2,(H,9,10)(H,11,12);;;4*1H2/q;;2*+2;;;;/p-2. The fourth-order valence-electron chi connectivity index (χ4n) is 1.38. The quantitative estimate of drug-likeness (QED) is 0.247. The summed E-state index contributed by atoms with van der Waals surface area (Å²) in [6.45, 7) is -0.930. The number of hydrogen-bond donors (Lipinski definition) is 0. The van der Waals surface area contributed by atoms with Crippen molar-refractivity contribution in [2.75, 3.05) is 0 Å². The number of carbonyl (C=O) groups is 4. The third-order valence-electron chi connectivity index (χ3n) is 2.28. The number of aliphatic carboxylic acids is 2. The van der Waals surface area contributed by atoms with Gasteiger partial charge in [-0.3, -0.25) is 9.36 Å². The predicted molar refractivity (Wildman–Crippen MR) is 80.1 cm³/mol. The molecule has 0 aromatic carbocycles. The molecule has 0 bridgehead atoms. The fourth-order valence-corrected chi connectivity index (χ4v) is 1.38. The predicted octanol–water partition coefficient (Wildman–Crippen LogP) is -9.51. The van der Waals surface area contributed by atoms with E-state index in [0.717, 1.165) is 21.5 Å². The maximum atomic E-state index is 10.2. The number of nitrogens with zero attached hydrogens (tertiary/aromatic N) is 4. The molecule has 0 saturated heterocycles. The second kappa shape index (κ2) is 19.5. The Balaban J connectivity index is -0.0000000800. The van der Waals surface area contributed by atoms with Crippen LogP contribution in [0.25, 0.3) is 0 Å². The van der Waals surface area contributed by atoms with E-state index < -0.39 is 37.0 Å². The summed E-state index contributed by atoms with van der Waals surface area (Å²) in [7, 11) is 0. The Morgan fingerprint density at radius 3 is 1.13 bits per heavy atom. The van der Waals surface area contributed by atoms with Gasteiger partial charge < -0.3 is 61.5 Å². The minimum atomic E-state index is -1.44. The Kier molecular flexibility index (Phi) is 27.0. The summed E-state index contributed by atoms with van der Waals surface area (Å²) >= 11 is 0. The van der Waals surface area contributed by atoms with Crippen molar-refractivity contribution >= 4 is 23.9 Å². The van der Waals surface area contributed by atoms with Crippen molar-refractivity contribution in [2.45, 2.75) is 13.1 Å². The molecule has 0 aliphatic carbocycles. The molecule has 0 unspecified atom stereocenters. The zero-order valence-corrected chi connectivity index (χ0v) is 16.4. The number of rotatable bonds is 6. The molecule has 16 nitrogen and oxygen atoms in total. The Bertz CT molecular complexity index is 715. The van der Waals surface area contributed by atoms with Crippen LogP contribution in [-0.2, 0) is 67.8 Å². The van der Waals surface area contributed by atoms with E-state index in [2.05, 4.69) is 10.2 Å². The monoisotopic (exact) mass is 536 g/mol. The van der Waals surface area contributed by atoms with E-state index in [1.807, 2.05) is 0 Å². The van der Waals surface area contributed by atoms with Crippen LogP contribution in [0.3, 0.4) is 0 Å². The van der Waals surface area contributed by atoms with Gasteiger partial charge in [-0.25, -0.2) is 0 Å². The van der Waals surface area contributed by atoms with Crippen LogP contribution in [0.1, 0.15) is 21.0 Å².